The molecule has 0 aliphatic rings. The Morgan fingerprint density at radius 2 is 0.816 bits per heavy atom. The van der Waals surface area contributed by atoms with Crippen LogP contribution in [0.4, 0.5) is 30.6 Å². The minimum absolute atomic E-state index is 0. The van der Waals surface area contributed by atoms with E-state index in [1.807, 2.05) is 6.92 Å². The third kappa shape index (κ3) is 28.3. The molecule has 3 heterocycles. The number of carbonyl (C=O) groups is 3. The van der Waals surface area contributed by atoms with Crippen molar-refractivity contribution in [2.75, 3.05) is 40.8 Å². The molecule has 3 aromatic carbocycles. The molecule has 0 saturated heterocycles. The molecule has 0 spiro atoms. The number of Topliss-reactive ketones (excluding diaryl/α,β-unsaturated/α-hetero) is 2. The molecule has 0 amide bonds. The van der Waals surface area contributed by atoms with E-state index < -0.39 is 41.0 Å². The molecule has 6 rings (SSSR count). The fraction of sp³-hybridized carbons (Fsp3) is 0.300. The molecule has 27 heteroatoms. The number of ether oxygens (including phenoxy) is 3. The zero-order valence-electron chi connectivity index (χ0n) is 45.4. The van der Waals surface area contributed by atoms with Gasteiger partial charge in [0, 0.05) is 117 Å². The quantitative estimate of drug-likeness (QED) is 0.0307. The van der Waals surface area contributed by atoms with Crippen molar-refractivity contribution in [1.29, 1.82) is 0 Å². The normalized spacial score (nSPS) is 10.8. The highest BCUT2D eigenvalue weighted by Crippen LogP contribution is 2.39. The van der Waals surface area contributed by atoms with Gasteiger partial charge >= 0.3 is 0 Å². The standard InChI is InChI=1S/C20H19Cl2FN2O2.C19H16Cl3FN2O2.C16H14Cl2FN3O.C2H2Cl2O.CH2Cl2.2CH4/c1-3-14(26)7-5-4-6-13-10-17(20(24)25-11-13)27-12(2)18-15(21)8-9-16(23)19(18)22;1-11(17-14(21)6-7-15(23)18(17)22)27-16-8-12(10-25-19(16)24)4-2-3-5-13(26)9-20;1-9(14-11(17)4-5-12(19)15(14)18)23-13-7-10(3-2-6-20)8-22-16(13)21;3-1-2(4)5;2-1-3;;/h8-12H,3,5,7H2,1-2H3,(H2,24,25);6-8,10-11H,3,5,9H2,1H3,(H2,24,25);4-5,7-9H,6,20H2,1H3,(H2,21,22);1H2;1H2;2*1H4. The number of alkyl halides is 4. The van der Waals surface area contributed by atoms with Crippen molar-refractivity contribution in [3.63, 3.8) is 0 Å². The SMILES string of the molecule is C.C.CC(Oc1cc(C#CCCC(=O)CCl)cnc1N)c1c(Cl)ccc(F)c1Cl.CC(Oc1cc(C#CCN)cnc1N)c1c(Cl)ccc(F)c1Cl.CCC(=O)CCC#Cc1cnc(N)c(OC(C)c2c(Cl)ccc(F)c2Cl)c1.ClCCl.O=C(Cl)CCl. The minimum Gasteiger partial charge on any atom is -0.482 e. The van der Waals surface area contributed by atoms with Gasteiger partial charge < -0.3 is 37.1 Å². The molecular weight excluding hydrogens is 1360 g/mol. The third-order valence-electron chi connectivity index (χ3n) is 10.5. The molecule has 0 bridgehead atoms. The second-order valence-electron chi connectivity index (χ2n) is 16.6. The van der Waals surface area contributed by atoms with Crippen molar-refractivity contribution in [2.45, 2.75) is 93.0 Å². The number of rotatable bonds is 16. The fourth-order valence-corrected chi connectivity index (χ4v) is 8.65. The minimum atomic E-state index is -0.672. The van der Waals surface area contributed by atoms with Crippen LogP contribution < -0.4 is 37.1 Å². The van der Waals surface area contributed by atoms with E-state index in [4.69, 9.17) is 165 Å². The summed E-state index contributed by atoms with van der Waals surface area (Å²) in [6, 6.07) is 12.7. The van der Waals surface area contributed by atoms with Crippen molar-refractivity contribution in [3.8, 4) is 52.8 Å². The van der Waals surface area contributed by atoms with E-state index in [0.717, 1.165) is 0 Å². The van der Waals surface area contributed by atoms with Crippen LogP contribution in [0.3, 0.4) is 0 Å². The van der Waals surface area contributed by atoms with Crippen molar-refractivity contribution in [1.82, 2.24) is 15.0 Å². The highest BCUT2D eigenvalue weighted by atomic mass is 35.5. The number of aromatic nitrogens is 3. The van der Waals surface area contributed by atoms with Crippen LogP contribution in [0, 0.1) is 53.0 Å². The molecule has 0 fully saturated rings. The highest BCUT2D eigenvalue weighted by Gasteiger charge is 2.23. The molecule has 13 nitrogen and oxygen atoms in total. The summed E-state index contributed by atoms with van der Waals surface area (Å²) in [4.78, 5) is 44.0. The van der Waals surface area contributed by atoms with Crippen LogP contribution in [0.15, 0.2) is 73.2 Å². The van der Waals surface area contributed by atoms with E-state index >= 15 is 0 Å². The molecule has 3 atom stereocenters. The summed E-state index contributed by atoms with van der Waals surface area (Å²) in [6.45, 7) is 7.08. The average Bonchev–Trinajstić information content (AvgIpc) is 3.68. The second kappa shape index (κ2) is 43.3. The maximum Gasteiger partial charge on any atom is 0.236 e. The number of hydrogen-bond donors (Lipinski definition) is 4. The average molecular weight is 1420 g/mol. The van der Waals surface area contributed by atoms with Crippen LogP contribution in [0.2, 0.25) is 30.1 Å². The molecule has 87 heavy (non-hydrogen) atoms. The molecule has 0 aliphatic carbocycles. The summed E-state index contributed by atoms with van der Waals surface area (Å²) < 4.78 is 58.4. The Bertz CT molecular complexity index is 3300. The summed E-state index contributed by atoms with van der Waals surface area (Å²) in [5.41, 5.74) is 25.6. The summed E-state index contributed by atoms with van der Waals surface area (Å²) in [5, 5.41) is 0.258. The van der Waals surface area contributed by atoms with E-state index in [9.17, 15) is 27.6 Å². The number of nitrogen functional groups attached to an aromatic ring is 3. The van der Waals surface area contributed by atoms with Crippen molar-refractivity contribution < 1.29 is 41.8 Å². The van der Waals surface area contributed by atoms with Gasteiger partial charge in [-0.2, -0.15) is 0 Å². The first kappa shape index (κ1) is 81.5. The molecule has 470 valence electrons. The van der Waals surface area contributed by atoms with E-state index in [0.29, 0.717) is 69.8 Å². The lowest BCUT2D eigenvalue weighted by Gasteiger charge is -2.18. The fourth-order valence-electron chi connectivity index (χ4n) is 6.48. The number of hydrogen-bond acceptors (Lipinski definition) is 13. The zero-order chi connectivity index (χ0) is 63.9. The van der Waals surface area contributed by atoms with Gasteiger partial charge in [-0.25, -0.2) is 28.1 Å². The predicted molar refractivity (Wildman–Crippen MR) is 353 cm³/mol. The molecule has 0 aliphatic heterocycles. The number of nitrogens with zero attached hydrogens (tertiary/aromatic N) is 3. The molecular formula is C60H61Cl11F3N7O6. The molecule has 8 N–H and O–H groups in total. The number of benzene rings is 3. The van der Waals surface area contributed by atoms with E-state index in [2.05, 4.69) is 50.5 Å². The van der Waals surface area contributed by atoms with Crippen LogP contribution >= 0.6 is 128 Å². The maximum absolute atomic E-state index is 13.7. The Hall–Kier alpha value is -5.46. The first-order valence-electron chi connectivity index (χ1n) is 24.6. The number of nitrogens with two attached hydrogens (primary N) is 4. The Kier molecular flexibility index (Phi) is 40.5. The first-order valence-corrected chi connectivity index (χ1v) is 29.4. The van der Waals surface area contributed by atoms with Crippen LogP contribution in [0.25, 0.3) is 0 Å². The third-order valence-corrected chi connectivity index (χ3v) is 13.5. The Labute approximate surface area is 560 Å². The molecule has 0 radical (unpaired) electrons. The lowest BCUT2D eigenvalue weighted by molar-refractivity contribution is -0.118. The van der Waals surface area contributed by atoms with Gasteiger partial charge in [0.2, 0.25) is 5.24 Å². The van der Waals surface area contributed by atoms with E-state index in [1.165, 1.54) is 55.0 Å². The van der Waals surface area contributed by atoms with Crippen molar-refractivity contribution in [2.24, 2.45) is 5.73 Å². The maximum atomic E-state index is 13.7. The first-order chi connectivity index (χ1) is 40.3. The topological polar surface area (TPSA) is 222 Å². The number of halogens is 14. The van der Waals surface area contributed by atoms with Crippen LogP contribution in [-0.4, -0.2) is 55.4 Å². The van der Waals surface area contributed by atoms with Gasteiger partial charge in [-0.1, -0.05) is 127 Å². The summed E-state index contributed by atoms with van der Waals surface area (Å²) in [7, 11) is 0. The number of ketones is 2. The largest absolute Gasteiger partial charge is 0.482 e. The number of pyridine rings is 3. The number of anilines is 3. The smallest absolute Gasteiger partial charge is 0.236 e. The van der Waals surface area contributed by atoms with Gasteiger partial charge in [-0.3, -0.25) is 14.4 Å². The van der Waals surface area contributed by atoms with Crippen LogP contribution in [0.5, 0.6) is 17.2 Å². The molecule has 3 unspecified atom stereocenters. The van der Waals surface area contributed by atoms with Gasteiger partial charge in [-0.05, 0) is 68.8 Å². The summed E-state index contributed by atoms with van der Waals surface area (Å²) in [6.07, 6.45) is 4.63. The second-order valence-corrected chi connectivity index (χ2v) is 20.8. The highest BCUT2D eigenvalue weighted by molar-refractivity contribution is 6.67. The van der Waals surface area contributed by atoms with Crippen LogP contribution in [0.1, 0.15) is 126 Å². The Morgan fingerprint density at radius 3 is 1.08 bits per heavy atom. The molecule has 0 saturated carbocycles. The van der Waals surface area contributed by atoms with E-state index in [1.54, 1.807) is 39.0 Å². The predicted octanol–water partition coefficient (Wildman–Crippen LogP) is 17.8. The Morgan fingerprint density at radius 1 is 0.529 bits per heavy atom. The number of carbonyl (C=O) groups excluding carboxylic acids is 3. The summed E-state index contributed by atoms with van der Waals surface area (Å²) in [5.74, 6) is 16.7. The van der Waals surface area contributed by atoms with Crippen LogP contribution in [-0.2, 0) is 14.4 Å². The zero-order valence-corrected chi connectivity index (χ0v) is 53.7. The van der Waals surface area contributed by atoms with Gasteiger partial charge in [-0.15, -0.1) is 46.4 Å². The van der Waals surface area contributed by atoms with E-state index in [-0.39, 0.29) is 111 Å². The van der Waals surface area contributed by atoms with Gasteiger partial charge in [0.25, 0.3) is 0 Å². The monoisotopic (exact) mass is 1420 g/mol. The summed E-state index contributed by atoms with van der Waals surface area (Å²) >= 11 is 60.8. The van der Waals surface area contributed by atoms with Gasteiger partial charge in [0.1, 0.15) is 47.3 Å². The van der Waals surface area contributed by atoms with Gasteiger partial charge in [0.05, 0.1) is 38.7 Å². The molecule has 3 aromatic heterocycles. The van der Waals surface area contributed by atoms with Gasteiger partial charge in [0.15, 0.2) is 34.7 Å². The van der Waals surface area contributed by atoms with Crippen molar-refractivity contribution >= 4 is 162 Å². The van der Waals surface area contributed by atoms with Crippen molar-refractivity contribution in [3.05, 3.63) is 154 Å². The Balaban J connectivity index is 0.00000119. The lowest BCUT2D eigenvalue weighted by Crippen LogP contribution is -2.08. The molecule has 6 aromatic rings. The lowest BCUT2D eigenvalue weighted by atomic mass is 10.1.